The van der Waals surface area contributed by atoms with Crippen molar-refractivity contribution in [1.29, 1.82) is 0 Å². The van der Waals surface area contributed by atoms with Gasteiger partial charge in [0.25, 0.3) is 5.56 Å². The number of halogens is 3. The maximum Gasteiger partial charge on any atom is 0.435 e. The van der Waals surface area contributed by atoms with Gasteiger partial charge in [-0.25, -0.2) is 5.43 Å². The van der Waals surface area contributed by atoms with Crippen LogP contribution in [0.1, 0.15) is 37.8 Å². The van der Waals surface area contributed by atoms with Gasteiger partial charge in [0.2, 0.25) is 5.91 Å². The molecule has 1 amide bonds. The van der Waals surface area contributed by atoms with Crippen molar-refractivity contribution < 1.29 is 18.0 Å². The van der Waals surface area contributed by atoms with E-state index in [1.165, 1.54) is 30.7 Å². The molecule has 1 aromatic heterocycles. The van der Waals surface area contributed by atoms with Crippen LogP contribution in [0.5, 0.6) is 0 Å². The highest BCUT2D eigenvalue weighted by Crippen LogP contribution is 2.49. The lowest BCUT2D eigenvalue weighted by atomic mass is 9.86. The van der Waals surface area contributed by atoms with Crippen LogP contribution in [0.2, 0.25) is 0 Å². The number of carbonyl (C=O) groups excluding carboxylic acids is 1. The number of aromatic nitrogens is 2. The molecule has 1 aromatic carbocycles. The molecule has 2 aliphatic carbocycles. The second-order valence-corrected chi connectivity index (χ2v) is 7.28. The molecule has 0 spiro atoms. The fraction of sp³-hybridized carbons (Fsp3) is 0.500. The van der Waals surface area contributed by atoms with E-state index in [0.29, 0.717) is 16.6 Å². The summed E-state index contributed by atoms with van der Waals surface area (Å²) in [6, 6.07) is 5.39. The standard InChI is InChI=1S/C18H18F3N3O2/c19-18(20,21)16-13-3-1-2-4-14(13)17(26)24(23-16)22-15(25)9-12-8-10-5-6-11(12)7-10/h1-4,10-12H,5-9H2,(H,22,25)/t10-,11+,12-/m1/s1. The van der Waals surface area contributed by atoms with Gasteiger partial charge in [-0.1, -0.05) is 24.6 Å². The van der Waals surface area contributed by atoms with Gasteiger partial charge in [0, 0.05) is 11.8 Å². The van der Waals surface area contributed by atoms with Gasteiger partial charge in [0.05, 0.1) is 5.39 Å². The summed E-state index contributed by atoms with van der Waals surface area (Å²) >= 11 is 0. The third kappa shape index (κ3) is 2.97. The number of nitrogens with zero attached hydrogens (tertiary/aromatic N) is 2. The van der Waals surface area contributed by atoms with Crippen LogP contribution in [-0.4, -0.2) is 15.8 Å². The van der Waals surface area contributed by atoms with E-state index < -0.39 is 23.3 Å². The van der Waals surface area contributed by atoms with Crippen LogP contribution in [0.15, 0.2) is 29.1 Å². The molecule has 0 radical (unpaired) electrons. The normalized spacial score (nSPS) is 25.0. The van der Waals surface area contributed by atoms with Crippen LogP contribution in [0, 0.1) is 17.8 Å². The molecule has 4 rings (SSSR count). The second-order valence-electron chi connectivity index (χ2n) is 7.28. The number of carbonyl (C=O) groups is 1. The monoisotopic (exact) mass is 365 g/mol. The van der Waals surface area contributed by atoms with E-state index in [0.717, 1.165) is 19.3 Å². The molecule has 8 heteroatoms. The Morgan fingerprint density at radius 1 is 1.19 bits per heavy atom. The van der Waals surface area contributed by atoms with Crippen molar-refractivity contribution in [2.45, 2.75) is 38.3 Å². The smallest absolute Gasteiger partial charge is 0.273 e. The number of hydrogen-bond donors (Lipinski definition) is 1. The summed E-state index contributed by atoms with van der Waals surface area (Å²) in [4.78, 5) is 25.2. The Hall–Kier alpha value is -2.38. The third-order valence-electron chi connectivity index (χ3n) is 5.64. The summed E-state index contributed by atoms with van der Waals surface area (Å²) in [6.45, 7) is 0. The van der Waals surface area contributed by atoms with Gasteiger partial charge in [-0.05, 0) is 43.1 Å². The Kier molecular flexibility index (Phi) is 4.00. The highest BCUT2D eigenvalue weighted by molar-refractivity contribution is 5.86. The first-order chi connectivity index (χ1) is 12.3. The van der Waals surface area contributed by atoms with E-state index in [1.54, 1.807) is 0 Å². The minimum atomic E-state index is -4.73. The molecule has 138 valence electrons. The summed E-state index contributed by atoms with van der Waals surface area (Å²) in [7, 11) is 0. The number of benzene rings is 1. The van der Waals surface area contributed by atoms with E-state index in [1.807, 2.05) is 0 Å². The van der Waals surface area contributed by atoms with E-state index >= 15 is 0 Å². The van der Waals surface area contributed by atoms with Crippen molar-refractivity contribution in [3.8, 4) is 0 Å². The average molecular weight is 365 g/mol. The van der Waals surface area contributed by atoms with Crippen LogP contribution >= 0.6 is 0 Å². The van der Waals surface area contributed by atoms with Gasteiger partial charge in [-0.2, -0.15) is 13.2 Å². The van der Waals surface area contributed by atoms with E-state index in [9.17, 15) is 22.8 Å². The number of rotatable bonds is 3. The molecular weight excluding hydrogens is 347 g/mol. The third-order valence-corrected chi connectivity index (χ3v) is 5.64. The number of alkyl halides is 3. The van der Waals surface area contributed by atoms with Crippen LogP contribution in [0.3, 0.4) is 0 Å². The van der Waals surface area contributed by atoms with Crippen LogP contribution in [0.4, 0.5) is 13.2 Å². The first-order valence-corrected chi connectivity index (χ1v) is 8.72. The fourth-order valence-electron chi connectivity index (χ4n) is 4.50. The predicted molar refractivity (Wildman–Crippen MR) is 88.9 cm³/mol. The zero-order valence-electron chi connectivity index (χ0n) is 13.9. The van der Waals surface area contributed by atoms with Crippen molar-refractivity contribution >= 4 is 16.7 Å². The van der Waals surface area contributed by atoms with Gasteiger partial charge in [0.15, 0.2) is 5.69 Å². The molecule has 0 saturated heterocycles. The molecule has 2 aromatic rings. The van der Waals surface area contributed by atoms with Crippen molar-refractivity contribution in [3.05, 3.63) is 40.3 Å². The SMILES string of the molecule is O=C(C[C@H]1C[C@@H]2CC[C@H]1C2)Nn1nc(C(F)(F)F)c2ccccc2c1=O. The number of hydrogen-bond acceptors (Lipinski definition) is 3. The summed E-state index contributed by atoms with van der Waals surface area (Å²) in [5.74, 6) is 0.946. The minimum absolute atomic E-state index is 0.130. The molecular formula is C18H18F3N3O2. The quantitative estimate of drug-likeness (QED) is 0.908. The highest BCUT2D eigenvalue weighted by Gasteiger charge is 2.40. The Labute approximate surface area is 147 Å². The molecule has 0 unspecified atom stereocenters. The molecule has 0 aliphatic heterocycles. The topological polar surface area (TPSA) is 64.0 Å². The van der Waals surface area contributed by atoms with Crippen molar-refractivity contribution in [1.82, 2.24) is 9.89 Å². The van der Waals surface area contributed by atoms with Crippen molar-refractivity contribution in [3.63, 3.8) is 0 Å². The first kappa shape index (κ1) is 17.1. The summed E-state index contributed by atoms with van der Waals surface area (Å²) in [6.07, 6.45) is -0.109. The van der Waals surface area contributed by atoms with Crippen molar-refractivity contribution in [2.24, 2.45) is 17.8 Å². The Morgan fingerprint density at radius 3 is 2.54 bits per heavy atom. The van der Waals surface area contributed by atoms with Gasteiger partial charge in [-0.15, -0.1) is 9.89 Å². The Balaban J connectivity index is 1.63. The Morgan fingerprint density at radius 2 is 1.92 bits per heavy atom. The minimum Gasteiger partial charge on any atom is -0.273 e. The van der Waals surface area contributed by atoms with Crippen LogP contribution in [-0.2, 0) is 11.0 Å². The largest absolute Gasteiger partial charge is 0.435 e. The molecule has 2 aliphatic rings. The molecule has 5 nitrogen and oxygen atoms in total. The summed E-state index contributed by atoms with van der Waals surface area (Å²) < 4.78 is 39.9. The summed E-state index contributed by atoms with van der Waals surface area (Å²) in [5.41, 5.74) is 0.300. The molecule has 2 saturated carbocycles. The van der Waals surface area contributed by atoms with Crippen LogP contribution < -0.4 is 11.0 Å². The van der Waals surface area contributed by atoms with E-state index in [-0.39, 0.29) is 23.1 Å². The lowest BCUT2D eigenvalue weighted by Gasteiger charge is -2.21. The first-order valence-electron chi connectivity index (χ1n) is 8.72. The maximum absolute atomic E-state index is 13.3. The van der Waals surface area contributed by atoms with Gasteiger partial charge in [-0.3, -0.25) is 9.59 Å². The number of nitrogens with one attached hydrogen (secondary N) is 1. The van der Waals surface area contributed by atoms with Gasteiger partial charge < -0.3 is 0 Å². The fourth-order valence-corrected chi connectivity index (χ4v) is 4.50. The summed E-state index contributed by atoms with van der Waals surface area (Å²) in [5, 5.41) is 2.98. The molecule has 2 fully saturated rings. The zero-order valence-corrected chi connectivity index (χ0v) is 13.9. The number of amides is 1. The van der Waals surface area contributed by atoms with E-state index in [2.05, 4.69) is 10.5 Å². The zero-order chi connectivity index (χ0) is 18.5. The molecule has 3 atom stereocenters. The molecule has 1 N–H and O–H groups in total. The predicted octanol–water partition coefficient (Wildman–Crippen LogP) is 3.31. The van der Waals surface area contributed by atoms with Crippen molar-refractivity contribution in [2.75, 3.05) is 5.43 Å². The molecule has 26 heavy (non-hydrogen) atoms. The Bertz CT molecular complexity index is 922. The van der Waals surface area contributed by atoms with Gasteiger partial charge in [0.1, 0.15) is 0 Å². The molecule has 2 bridgehead atoms. The van der Waals surface area contributed by atoms with E-state index in [4.69, 9.17) is 0 Å². The highest BCUT2D eigenvalue weighted by atomic mass is 19.4. The molecule has 1 heterocycles. The lowest BCUT2D eigenvalue weighted by Crippen LogP contribution is -2.38. The number of fused-ring (bicyclic) bond motifs is 3. The van der Waals surface area contributed by atoms with Crippen LogP contribution in [0.25, 0.3) is 10.8 Å². The second kappa shape index (κ2) is 6.10. The van der Waals surface area contributed by atoms with Gasteiger partial charge >= 0.3 is 6.18 Å². The average Bonchev–Trinajstić information content (AvgIpc) is 3.19. The maximum atomic E-state index is 13.3. The lowest BCUT2D eigenvalue weighted by molar-refractivity contribution is -0.141.